The fourth-order valence-corrected chi connectivity index (χ4v) is 2.80. The number of nitrogens with two attached hydrogens (primary N) is 1. The van der Waals surface area contributed by atoms with Crippen molar-refractivity contribution in [1.82, 2.24) is 9.13 Å². The molecule has 2 aromatic rings. The van der Waals surface area contributed by atoms with Crippen LogP contribution in [0.5, 0.6) is 0 Å². The summed E-state index contributed by atoms with van der Waals surface area (Å²) >= 11 is 0. The Labute approximate surface area is 129 Å². The van der Waals surface area contributed by atoms with Gasteiger partial charge in [0.25, 0.3) is 0 Å². The highest BCUT2D eigenvalue weighted by Gasteiger charge is 2.33. The molecular weight excluding hydrogens is 280 g/mol. The van der Waals surface area contributed by atoms with Gasteiger partial charge in [0.1, 0.15) is 0 Å². The highest BCUT2D eigenvalue weighted by Crippen LogP contribution is 2.27. The number of amides is 1. The smallest absolute Gasteiger partial charge is 0.328 e. The predicted octanol–water partition coefficient (Wildman–Crippen LogP) is 1.58. The standard InChI is InChI=1S/C16H24N4O2/c1-5-16(6-2,10-17)14(21)18-11-7-8-12-13(9-11)20(4)15(22)19(12)3/h7-9H,5-6,10,17H2,1-4H3,(H,18,21). The monoisotopic (exact) mass is 304 g/mol. The number of nitrogens with one attached hydrogen (secondary N) is 1. The molecule has 1 amide bonds. The first-order valence-electron chi connectivity index (χ1n) is 7.57. The maximum Gasteiger partial charge on any atom is 0.328 e. The van der Waals surface area contributed by atoms with Crippen molar-refractivity contribution in [3.05, 3.63) is 28.7 Å². The van der Waals surface area contributed by atoms with Gasteiger partial charge in [-0.05, 0) is 31.0 Å². The Morgan fingerprint density at radius 3 is 2.32 bits per heavy atom. The van der Waals surface area contributed by atoms with Crippen molar-refractivity contribution in [2.75, 3.05) is 11.9 Å². The summed E-state index contributed by atoms with van der Waals surface area (Å²) in [6.45, 7) is 4.26. The molecule has 0 saturated carbocycles. The predicted molar refractivity (Wildman–Crippen MR) is 88.9 cm³/mol. The van der Waals surface area contributed by atoms with Crippen molar-refractivity contribution in [2.45, 2.75) is 26.7 Å². The zero-order chi connectivity index (χ0) is 16.5. The lowest BCUT2D eigenvalue weighted by molar-refractivity contribution is -0.125. The Hall–Kier alpha value is -2.08. The van der Waals surface area contributed by atoms with Gasteiger partial charge >= 0.3 is 5.69 Å². The molecular formula is C16H24N4O2. The molecule has 0 unspecified atom stereocenters. The number of aromatic nitrogens is 2. The molecule has 3 N–H and O–H groups in total. The second-order valence-corrected chi connectivity index (χ2v) is 5.75. The van der Waals surface area contributed by atoms with Crippen molar-refractivity contribution in [1.29, 1.82) is 0 Å². The van der Waals surface area contributed by atoms with E-state index in [0.29, 0.717) is 25.1 Å². The molecule has 0 radical (unpaired) electrons. The van der Waals surface area contributed by atoms with Crippen molar-refractivity contribution >= 4 is 22.6 Å². The molecule has 0 bridgehead atoms. The van der Waals surface area contributed by atoms with Gasteiger partial charge in [0, 0.05) is 26.3 Å². The maximum absolute atomic E-state index is 12.6. The van der Waals surface area contributed by atoms with Gasteiger partial charge in [0.05, 0.1) is 16.4 Å². The summed E-state index contributed by atoms with van der Waals surface area (Å²) in [5.41, 5.74) is 7.48. The van der Waals surface area contributed by atoms with Gasteiger partial charge in [-0.25, -0.2) is 4.79 Å². The van der Waals surface area contributed by atoms with E-state index >= 15 is 0 Å². The highest BCUT2D eigenvalue weighted by atomic mass is 16.2. The van der Waals surface area contributed by atoms with E-state index in [4.69, 9.17) is 5.73 Å². The van der Waals surface area contributed by atoms with Gasteiger partial charge in [-0.2, -0.15) is 0 Å². The van der Waals surface area contributed by atoms with Crippen LogP contribution >= 0.6 is 0 Å². The summed E-state index contributed by atoms with van der Waals surface area (Å²) in [5, 5.41) is 2.94. The number of nitrogens with zero attached hydrogens (tertiary/aromatic N) is 2. The molecule has 0 fully saturated rings. The minimum Gasteiger partial charge on any atom is -0.329 e. The van der Waals surface area contributed by atoms with Gasteiger partial charge in [-0.3, -0.25) is 13.9 Å². The van der Waals surface area contributed by atoms with Gasteiger partial charge in [0.2, 0.25) is 5.91 Å². The molecule has 0 spiro atoms. The van der Waals surface area contributed by atoms with Crippen LogP contribution in [-0.4, -0.2) is 21.6 Å². The molecule has 6 heteroatoms. The van der Waals surface area contributed by atoms with Gasteiger partial charge in [-0.15, -0.1) is 0 Å². The van der Waals surface area contributed by atoms with E-state index in [1.165, 1.54) is 0 Å². The van der Waals surface area contributed by atoms with Crippen molar-refractivity contribution < 1.29 is 4.79 Å². The topological polar surface area (TPSA) is 82.1 Å². The van der Waals surface area contributed by atoms with E-state index in [1.807, 2.05) is 32.0 Å². The Bertz CT molecular complexity index is 745. The van der Waals surface area contributed by atoms with E-state index in [0.717, 1.165) is 11.0 Å². The Kier molecular flexibility index (Phi) is 4.42. The number of anilines is 1. The fraction of sp³-hybridized carbons (Fsp3) is 0.500. The van der Waals surface area contributed by atoms with Crippen LogP contribution in [0.1, 0.15) is 26.7 Å². The van der Waals surface area contributed by atoms with Crippen LogP contribution in [0.15, 0.2) is 23.0 Å². The molecule has 0 atom stereocenters. The van der Waals surface area contributed by atoms with Gasteiger partial charge in [0.15, 0.2) is 0 Å². The first kappa shape index (κ1) is 16.3. The number of carbonyl (C=O) groups excluding carboxylic acids is 1. The molecule has 1 aromatic heterocycles. The lowest BCUT2D eigenvalue weighted by Gasteiger charge is -2.28. The number of hydrogen-bond acceptors (Lipinski definition) is 3. The molecule has 0 aliphatic rings. The number of rotatable bonds is 5. The van der Waals surface area contributed by atoms with E-state index in [2.05, 4.69) is 5.32 Å². The zero-order valence-corrected chi connectivity index (χ0v) is 13.6. The molecule has 2 rings (SSSR count). The van der Waals surface area contributed by atoms with Gasteiger partial charge < -0.3 is 11.1 Å². The van der Waals surface area contributed by atoms with Crippen LogP contribution in [0.3, 0.4) is 0 Å². The number of hydrogen-bond donors (Lipinski definition) is 2. The second-order valence-electron chi connectivity index (χ2n) is 5.75. The maximum atomic E-state index is 12.6. The van der Waals surface area contributed by atoms with E-state index in [-0.39, 0.29) is 11.6 Å². The molecule has 0 aliphatic carbocycles. The average Bonchev–Trinajstić information content (AvgIpc) is 2.74. The molecule has 0 saturated heterocycles. The normalized spacial score (nSPS) is 11.9. The van der Waals surface area contributed by atoms with Crippen LogP contribution < -0.4 is 16.7 Å². The number of imidazole rings is 1. The quantitative estimate of drug-likeness (QED) is 0.880. The minimum absolute atomic E-state index is 0.0692. The molecule has 6 nitrogen and oxygen atoms in total. The van der Waals surface area contributed by atoms with Crippen molar-refractivity contribution in [3.8, 4) is 0 Å². The van der Waals surface area contributed by atoms with Crippen LogP contribution in [0, 0.1) is 5.41 Å². The minimum atomic E-state index is -0.544. The highest BCUT2D eigenvalue weighted by molar-refractivity contribution is 5.97. The van der Waals surface area contributed by atoms with Crippen LogP contribution in [0.25, 0.3) is 11.0 Å². The van der Waals surface area contributed by atoms with Crippen LogP contribution in [-0.2, 0) is 18.9 Å². The zero-order valence-electron chi connectivity index (χ0n) is 13.6. The molecule has 120 valence electrons. The van der Waals surface area contributed by atoms with E-state index in [1.54, 1.807) is 23.2 Å². The third-order valence-electron chi connectivity index (χ3n) is 4.76. The molecule has 1 heterocycles. The SMILES string of the molecule is CCC(CC)(CN)C(=O)Nc1ccc2c(c1)n(C)c(=O)n2C. The third-order valence-corrected chi connectivity index (χ3v) is 4.76. The first-order valence-corrected chi connectivity index (χ1v) is 7.57. The number of carbonyl (C=O) groups is 1. The average molecular weight is 304 g/mol. The van der Waals surface area contributed by atoms with E-state index < -0.39 is 5.41 Å². The summed E-state index contributed by atoms with van der Waals surface area (Å²) < 4.78 is 3.16. The Morgan fingerprint density at radius 1 is 1.18 bits per heavy atom. The summed E-state index contributed by atoms with van der Waals surface area (Å²) in [6.07, 6.45) is 1.38. The van der Waals surface area contributed by atoms with Crippen LogP contribution in [0.2, 0.25) is 0 Å². The van der Waals surface area contributed by atoms with Crippen molar-refractivity contribution in [2.24, 2.45) is 25.2 Å². The van der Waals surface area contributed by atoms with Crippen molar-refractivity contribution in [3.63, 3.8) is 0 Å². The number of fused-ring (bicyclic) bond motifs is 1. The number of benzene rings is 1. The molecule has 22 heavy (non-hydrogen) atoms. The third kappa shape index (κ3) is 2.43. The largest absolute Gasteiger partial charge is 0.329 e. The van der Waals surface area contributed by atoms with Gasteiger partial charge in [-0.1, -0.05) is 13.8 Å². The summed E-state index contributed by atoms with van der Waals surface area (Å²) in [7, 11) is 3.45. The summed E-state index contributed by atoms with van der Waals surface area (Å²) in [6, 6.07) is 5.47. The fourth-order valence-electron chi connectivity index (χ4n) is 2.80. The summed E-state index contributed by atoms with van der Waals surface area (Å²) in [5.74, 6) is -0.0692. The molecule has 0 aliphatic heterocycles. The number of aryl methyl sites for hydroxylation is 2. The lowest BCUT2D eigenvalue weighted by atomic mass is 9.81. The van der Waals surface area contributed by atoms with Crippen LogP contribution in [0.4, 0.5) is 5.69 Å². The summed E-state index contributed by atoms with van der Waals surface area (Å²) in [4.78, 5) is 24.5. The lowest BCUT2D eigenvalue weighted by Crippen LogP contribution is -2.41. The van der Waals surface area contributed by atoms with E-state index in [9.17, 15) is 9.59 Å². The molecule has 1 aromatic carbocycles. The first-order chi connectivity index (χ1) is 10.4. The Balaban J connectivity index is 2.39. The second kappa shape index (κ2) is 5.96. The Morgan fingerprint density at radius 2 is 1.77 bits per heavy atom.